The molecule has 1 rings (SSSR count). The lowest BCUT2D eigenvalue weighted by Crippen LogP contribution is -2.23. The van der Waals surface area contributed by atoms with Crippen LogP contribution in [0, 0.1) is 6.92 Å². The number of rotatable bonds is 4. The lowest BCUT2D eigenvalue weighted by Gasteiger charge is -2.23. The van der Waals surface area contributed by atoms with E-state index in [0.29, 0.717) is 4.90 Å². The first-order valence-corrected chi connectivity index (χ1v) is 6.17. The first-order valence-electron chi connectivity index (χ1n) is 5.07. The molecule has 0 bridgehead atoms. The molecule has 0 aromatic heterocycles. The van der Waals surface area contributed by atoms with Gasteiger partial charge in [0.15, 0.2) is 11.1 Å². The van der Waals surface area contributed by atoms with Gasteiger partial charge in [-0.05, 0) is 38.5 Å². The van der Waals surface area contributed by atoms with E-state index in [0.717, 1.165) is 24.3 Å². The van der Waals surface area contributed by atoms with Gasteiger partial charge in [0.1, 0.15) is 0 Å². The van der Waals surface area contributed by atoms with Crippen molar-refractivity contribution in [3.8, 4) is 0 Å². The third kappa shape index (κ3) is 2.58. The number of hydrogen-bond donors (Lipinski definition) is 1. The predicted octanol–water partition coefficient (Wildman–Crippen LogP) is 2.42. The van der Waals surface area contributed by atoms with E-state index in [1.807, 2.05) is 19.1 Å². The van der Waals surface area contributed by atoms with Crippen LogP contribution in [0.3, 0.4) is 0 Å². The van der Waals surface area contributed by atoms with Gasteiger partial charge in [-0.15, -0.1) is 0 Å². The van der Waals surface area contributed by atoms with Gasteiger partial charge < -0.3 is 9.45 Å². The summed E-state index contributed by atoms with van der Waals surface area (Å²) in [5.41, 5.74) is 1.93. The van der Waals surface area contributed by atoms with Gasteiger partial charge in [-0.3, -0.25) is 0 Å². The molecule has 0 fully saturated rings. The van der Waals surface area contributed by atoms with Crippen LogP contribution in [0.5, 0.6) is 0 Å². The minimum atomic E-state index is -1.90. The van der Waals surface area contributed by atoms with Crippen molar-refractivity contribution < 1.29 is 8.76 Å². The van der Waals surface area contributed by atoms with Gasteiger partial charge in [0, 0.05) is 18.8 Å². The summed E-state index contributed by atoms with van der Waals surface area (Å²) in [6, 6.07) is 5.50. The van der Waals surface area contributed by atoms with Gasteiger partial charge in [-0.25, -0.2) is 4.21 Å². The molecular weight excluding hydrogens is 210 g/mol. The molecule has 1 atom stereocenters. The zero-order valence-corrected chi connectivity index (χ0v) is 10.2. The molecule has 0 aliphatic heterocycles. The van der Waals surface area contributed by atoms with Crippen LogP contribution < -0.4 is 4.90 Å². The van der Waals surface area contributed by atoms with Crippen LogP contribution in [-0.2, 0) is 11.1 Å². The van der Waals surface area contributed by atoms with Gasteiger partial charge in [0.05, 0.1) is 4.90 Å². The molecule has 0 spiro atoms. The summed E-state index contributed by atoms with van der Waals surface area (Å²) in [5, 5.41) is 0. The summed E-state index contributed by atoms with van der Waals surface area (Å²) < 4.78 is 20.2. The quantitative estimate of drug-likeness (QED) is 0.803. The molecule has 1 unspecified atom stereocenters. The van der Waals surface area contributed by atoms with Crippen molar-refractivity contribution in [3.63, 3.8) is 0 Å². The van der Waals surface area contributed by atoms with E-state index < -0.39 is 11.1 Å². The average Bonchev–Trinajstić information content (AvgIpc) is 2.21. The Morgan fingerprint density at radius 2 is 1.93 bits per heavy atom. The summed E-state index contributed by atoms with van der Waals surface area (Å²) >= 11 is -1.90. The lowest BCUT2D eigenvalue weighted by atomic mass is 10.2. The molecule has 0 heterocycles. The van der Waals surface area contributed by atoms with E-state index in [4.69, 9.17) is 4.55 Å². The van der Waals surface area contributed by atoms with Crippen molar-refractivity contribution in [2.45, 2.75) is 25.7 Å². The summed E-state index contributed by atoms with van der Waals surface area (Å²) in [4.78, 5) is 2.67. The highest BCUT2D eigenvalue weighted by Crippen LogP contribution is 2.24. The second-order valence-electron chi connectivity index (χ2n) is 3.32. The minimum Gasteiger partial charge on any atom is -0.372 e. The third-order valence-electron chi connectivity index (χ3n) is 2.55. The van der Waals surface area contributed by atoms with Crippen LogP contribution >= 0.6 is 0 Å². The highest BCUT2D eigenvalue weighted by molar-refractivity contribution is 7.79. The van der Waals surface area contributed by atoms with E-state index in [2.05, 4.69) is 18.7 Å². The van der Waals surface area contributed by atoms with E-state index in [1.54, 1.807) is 6.07 Å². The van der Waals surface area contributed by atoms with Gasteiger partial charge >= 0.3 is 0 Å². The van der Waals surface area contributed by atoms with Crippen LogP contribution in [0.15, 0.2) is 23.1 Å². The molecule has 1 N–H and O–H groups in total. The molecule has 0 saturated heterocycles. The smallest absolute Gasteiger partial charge is 0.186 e. The predicted molar refractivity (Wildman–Crippen MR) is 63.8 cm³/mol. The molecule has 3 nitrogen and oxygen atoms in total. The van der Waals surface area contributed by atoms with E-state index in [9.17, 15) is 4.21 Å². The second kappa shape index (κ2) is 5.28. The Kier molecular flexibility index (Phi) is 4.29. The normalized spacial score (nSPS) is 12.5. The van der Waals surface area contributed by atoms with Crippen molar-refractivity contribution in [1.29, 1.82) is 0 Å². The fraction of sp³-hybridized carbons (Fsp3) is 0.455. The zero-order chi connectivity index (χ0) is 11.4. The van der Waals surface area contributed by atoms with Crippen LogP contribution in [0.2, 0.25) is 0 Å². The number of benzene rings is 1. The molecule has 1 aromatic rings. The maximum absolute atomic E-state index is 11.1. The SMILES string of the molecule is CCN(CC)c1cccc(S(=O)O)c1C. The Bertz CT molecular complexity index is 362. The zero-order valence-electron chi connectivity index (χ0n) is 9.36. The summed E-state index contributed by atoms with van der Waals surface area (Å²) in [5.74, 6) is 0. The second-order valence-corrected chi connectivity index (χ2v) is 4.26. The summed E-state index contributed by atoms with van der Waals surface area (Å²) in [6.45, 7) is 7.84. The van der Waals surface area contributed by atoms with Crippen LogP contribution in [-0.4, -0.2) is 21.9 Å². The van der Waals surface area contributed by atoms with Crippen molar-refractivity contribution >= 4 is 16.8 Å². The lowest BCUT2D eigenvalue weighted by molar-refractivity contribution is 0.563. The van der Waals surface area contributed by atoms with Crippen LogP contribution in [0.25, 0.3) is 0 Å². The first kappa shape index (κ1) is 12.2. The standard InChI is InChI=1S/C11H17NO2S/c1-4-12(5-2)10-7-6-8-11(9(10)3)15(13)14/h6-8H,4-5H2,1-3H3,(H,13,14). The monoisotopic (exact) mass is 227 g/mol. The van der Waals surface area contributed by atoms with E-state index in [-0.39, 0.29) is 0 Å². The van der Waals surface area contributed by atoms with Gasteiger partial charge in [-0.1, -0.05) is 6.07 Å². The van der Waals surface area contributed by atoms with Gasteiger partial charge in [0.2, 0.25) is 0 Å². The number of hydrogen-bond acceptors (Lipinski definition) is 2. The van der Waals surface area contributed by atoms with Crippen molar-refractivity contribution in [2.75, 3.05) is 18.0 Å². The minimum absolute atomic E-state index is 0.499. The summed E-state index contributed by atoms with van der Waals surface area (Å²) in [7, 11) is 0. The molecule has 4 heteroatoms. The molecule has 0 amide bonds. The van der Waals surface area contributed by atoms with E-state index in [1.165, 1.54) is 0 Å². The molecule has 1 aromatic carbocycles. The molecular formula is C11H17NO2S. The Morgan fingerprint density at radius 3 is 2.40 bits per heavy atom. The van der Waals surface area contributed by atoms with Gasteiger partial charge in [0.25, 0.3) is 0 Å². The van der Waals surface area contributed by atoms with Crippen molar-refractivity contribution in [2.24, 2.45) is 0 Å². The topological polar surface area (TPSA) is 40.5 Å². The number of nitrogens with zero attached hydrogens (tertiary/aromatic N) is 1. The first-order chi connectivity index (χ1) is 7.11. The number of anilines is 1. The molecule has 0 aliphatic rings. The Hall–Kier alpha value is -0.870. The fourth-order valence-corrected chi connectivity index (χ4v) is 2.26. The van der Waals surface area contributed by atoms with Crippen LogP contribution in [0.4, 0.5) is 5.69 Å². The Labute approximate surface area is 93.4 Å². The highest BCUT2D eigenvalue weighted by atomic mass is 32.2. The maximum atomic E-state index is 11.1. The largest absolute Gasteiger partial charge is 0.372 e. The molecule has 0 radical (unpaired) electrons. The molecule has 15 heavy (non-hydrogen) atoms. The van der Waals surface area contributed by atoms with E-state index >= 15 is 0 Å². The third-order valence-corrected chi connectivity index (χ3v) is 3.37. The Balaban J connectivity index is 3.19. The van der Waals surface area contributed by atoms with Crippen LogP contribution in [0.1, 0.15) is 19.4 Å². The maximum Gasteiger partial charge on any atom is 0.186 e. The van der Waals surface area contributed by atoms with Crippen molar-refractivity contribution in [3.05, 3.63) is 23.8 Å². The highest BCUT2D eigenvalue weighted by Gasteiger charge is 2.11. The molecule has 0 saturated carbocycles. The Morgan fingerprint density at radius 1 is 1.33 bits per heavy atom. The fourth-order valence-electron chi connectivity index (χ4n) is 1.70. The van der Waals surface area contributed by atoms with Gasteiger partial charge in [-0.2, -0.15) is 0 Å². The van der Waals surface area contributed by atoms with Crippen molar-refractivity contribution in [1.82, 2.24) is 0 Å². The molecule has 84 valence electrons. The molecule has 0 aliphatic carbocycles. The summed E-state index contributed by atoms with van der Waals surface area (Å²) in [6.07, 6.45) is 0. The average molecular weight is 227 g/mol.